The minimum Gasteiger partial charge on any atom is -0.468 e. The fourth-order valence-electron chi connectivity index (χ4n) is 3.79. The van der Waals surface area contributed by atoms with E-state index in [0.717, 1.165) is 33.5 Å². The molecule has 0 saturated carbocycles. The van der Waals surface area contributed by atoms with Crippen LogP contribution in [0.1, 0.15) is 35.3 Å². The Morgan fingerprint density at radius 3 is 2.62 bits per heavy atom. The number of amides is 1. The molecule has 2 aromatic carbocycles. The van der Waals surface area contributed by atoms with Gasteiger partial charge in [-0.25, -0.2) is 4.68 Å². The molecule has 1 amide bonds. The van der Waals surface area contributed by atoms with Crippen LogP contribution in [0.25, 0.3) is 16.7 Å². The highest BCUT2D eigenvalue weighted by Crippen LogP contribution is 2.29. The van der Waals surface area contributed by atoms with E-state index in [2.05, 4.69) is 10.3 Å². The smallest absolute Gasteiger partial charge is 0.258 e. The predicted molar refractivity (Wildman–Crippen MR) is 127 cm³/mol. The molecule has 6 nitrogen and oxygen atoms in total. The highest BCUT2D eigenvalue weighted by molar-refractivity contribution is 6.31. The van der Waals surface area contributed by atoms with Crippen molar-refractivity contribution in [2.75, 3.05) is 6.61 Å². The van der Waals surface area contributed by atoms with E-state index in [1.165, 1.54) is 0 Å². The molecular formula is C25H25ClN4O2. The second-order valence-electron chi connectivity index (χ2n) is 7.85. The van der Waals surface area contributed by atoms with Crippen molar-refractivity contribution in [1.82, 2.24) is 20.1 Å². The van der Waals surface area contributed by atoms with Gasteiger partial charge < -0.3 is 10.1 Å². The number of aryl methyl sites for hydroxylation is 2. The molecule has 7 heteroatoms. The maximum absolute atomic E-state index is 12.4. The number of pyridine rings is 1. The number of fused-ring (bicyclic) bond motifs is 1. The predicted octanol–water partition coefficient (Wildman–Crippen LogP) is 5.26. The fourth-order valence-corrected chi connectivity index (χ4v) is 3.96. The van der Waals surface area contributed by atoms with Gasteiger partial charge in [-0.05, 0) is 56.5 Å². The highest BCUT2D eigenvalue weighted by Gasteiger charge is 2.17. The lowest BCUT2D eigenvalue weighted by Gasteiger charge is -2.15. The Hall–Kier alpha value is -3.38. The first-order valence-electron chi connectivity index (χ1n) is 10.4. The number of rotatable bonds is 6. The molecule has 0 unspecified atom stereocenters. The van der Waals surface area contributed by atoms with Crippen molar-refractivity contribution in [3.63, 3.8) is 0 Å². The topological polar surface area (TPSA) is 69.0 Å². The van der Waals surface area contributed by atoms with Crippen LogP contribution in [0.4, 0.5) is 0 Å². The summed E-state index contributed by atoms with van der Waals surface area (Å²) in [5.41, 5.74) is 5.32. The zero-order valence-electron chi connectivity index (χ0n) is 18.5. The van der Waals surface area contributed by atoms with Gasteiger partial charge in [0.1, 0.15) is 0 Å². The summed E-state index contributed by atoms with van der Waals surface area (Å²) in [5.74, 6) is 0.162. The summed E-state index contributed by atoms with van der Waals surface area (Å²) >= 11 is 6.32. The zero-order valence-corrected chi connectivity index (χ0v) is 19.3. The zero-order chi connectivity index (χ0) is 22.8. The highest BCUT2D eigenvalue weighted by atomic mass is 35.5. The van der Waals surface area contributed by atoms with Gasteiger partial charge in [-0.2, -0.15) is 10.1 Å². The summed E-state index contributed by atoms with van der Waals surface area (Å²) < 4.78 is 7.54. The summed E-state index contributed by atoms with van der Waals surface area (Å²) in [6.07, 6.45) is 0. The number of nitrogens with zero attached hydrogens (tertiary/aromatic N) is 3. The van der Waals surface area contributed by atoms with Gasteiger partial charge in [-0.1, -0.05) is 48.0 Å². The van der Waals surface area contributed by atoms with Crippen LogP contribution < -0.4 is 10.1 Å². The molecule has 0 bridgehead atoms. The lowest BCUT2D eigenvalue weighted by Crippen LogP contribution is -2.31. The van der Waals surface area contributed by atoms with E-state index in [1.54, 1.807) is 4.68 Å². The van der Waals surface area contributed by atoms with Gasteiger partial charge in [0.15, 0.2) is 12.3 Å². The molecule has 0 aliphatic rings. The number of carbonyl (C=O) groups excluding carboxylic acids is 1. The van der Waals surface area contributed by atoms with E-state index in [4.69, 9.17) is 21.4 Å². The van der Waals surface area contributed by atoms with Gasteiger partial charge in [0, 0.05) is 16.5 Å². The second-order valence-corrected chi connectivity index (χ2v) is 8.25. The van der Waals surface area contributed by atoms with Crippen molar-refractivity contribution in [2.45, 2.75) is 33.7 Å². The number of aromatic nitrogens is 3. The molecule has 1 atom stereocenters. The monoisotopic (exact) mass is 448 g/mol. The van der Waals surface area contributed by atoms with Gasteiger partial charge in [0.2, 0.25) is 5.88 Å². The van der Waals surface area contributed by atoms with Gasteiger partial charge in [-0.15, -0.1) is 0 Å². The van der Waals surface area contributed by atoms with E-state index >= 15 is 0 Å². The van der Waals surface area contributed by atoms with Crippen molar-refractivity contribution >= 4 is 28.5 Å². The number of carbonyl (C=O) groups is 1. The Bertz CT molecular complexity index is 1280. The maximum Gasteiger partial charge on any atom is 0.258 e. The van der Waals surface area contributed by atoms with E-state index in [0.29, 0.717) is 16.5 Å². The van der Waals surface area contributed by atoms with Crippen LogP contribution in [-0.2, 0) is 4.79 Å². The molecule has 2 aromatic heterocycles. The van der Waals surface area contributed by atoms with E-state index in [1.807, 2.05) is 82.3 Å². The van der Waals surface area contributed by atoms with Crippen molar-refractivity contribution in [3.05, 3.63) is 82.0 Å². The van der Waals surface area contributed by atoms with Gasteiger partial charge >= 0.3 is 0 Å². The summed E-state index contributed by atoms with van der Waals surface area (Å²) in [7, 11) is 0. The largest absolute Gasteiger partial charge is 0.468 e. The molecule has 0 aliphatic carbocycles. The molecule has 0 fully saturated rings. The fraction of sp³-hybridized carbons (Fsp3) is 0.240. The van der Waals surface area contributed by atoms with E-state index in [-0.39, 0.29) is 18.6 Å². The van der Waals surface area contributed by atoms with Crippen LogP contribution in [0.15, 0.2) is 54.6 Å². The Labute approximate surface area is 192 Å². The molecular weight excluding hydrogens is 424 g/mol. The normalized spacial score (nSPS) is 12.0. The van der Waals surface area contributed by atoms with Crippen molar-refractivity contribution < 1.29 is 9.53 Å². The van der Waals surface area contributed by atoms with Crippen LogP contribution in [0.3, 0.4) is 0 Å². The van der Waals surface area contributed by atoms with E-state index in [9.17, 15) is 4.79 Å². The third kappa shape index (κ3) is 4.32. The maximum atomic E-state index is 12.4. The van der Waals surface area contributed by atoms with Crippen molar-refractivity contribution in [1.29, 1.82) is 0 Å². The standard InChI is InChI=1S/C25H25ClN4O2/c1-15-13-23(32-14-22(31)27-17(3)19-9-6-5-7-10-19)28-25-24(15)18(4)29-30(25)21-12-8-11-20(26)16(21)2/h5-13,17H,14H2,1-4H3,(H,27,31)/t17-/m0/s1. The number of hydrogen-bond acceptors (Lipinski definition) is 4. The second kappa shape index (κ2) is 9.01. The number of nitrogens with one attached hydrogen (secondary N) is 1. The van der Waals surface area contributed by atoms with E-state index < -0.39 is 0 Å². The molecule has 0 radical (unpaired) electrons. The summed E-state index contributed by atoms with van der Waals surface area (Å²) in [4.78, 5) is 17.1. The van der Waals surface area contributed by atoms with Gasteiger partial charge in [0.05, 0.1) is 17.4 Å². The number of halogens is 1. The van der Waals surface area contributed by atoms with Crippen LogP contribution in [-0.4, -0.2) is 27.3 Å². The lowest BCUT2D eigenvalue weighted by molar-refractivity contribution is -0.123. The minimum atomic E-state index is -0.212. The van der Waals surface area contributed by atoms with Crippen LogP contribution in [0.2, 0.25) is 5.02 Å². The molecule has 4 rings (SSSR count). The first kappa shape index (κ1) is 21.8. The third-order valence-electron chi connectivity index (χ3n) is 5.48. The summed E-state index contributed by atoms with van der Waals surface area (Å²) in [6, 6.07) is 17.2. The molecule has 0 saturated heterocycles. The lowest BCUT2D eigenvalue weighted by atomic mass is 10.1. The third-order valence-corrected chi connectivity index (χ3v) is 5.89. The molecule has 164 valence electrons. The summed E-state index contributed by atoms with van der Waals surface area (Å²) in [5, 5.41) is 9.26. The number of hydrogen-bond donors (Lipinski definition) is 1. The van der Waals surface area contributed by atoms with Crippen LogP contribution in [0, 0.1) is 20.8 Å². The SMILES string of the molecule is Cc1c(Cl)cccc1-n1nc(C)c2c(C)cc(OCC(=O)N[C@@H](C)c3ccccc3)nc21. The minimum absolute atomic E-state index is 0.112. The summed E-state index contributed by atoms with van der Waals surface area (Å²) in [6.45, 7) is 7.70. The molecule has 0 aliphatic heterocycles. The van der Waals surface area contributed by atoms with Crippen LogP contribution >= 0.6 is 11.6 Å². The molecule has 32 heavy (non-hydrogen) atoms. The van der Waals surface area contributed by atoms with Crippen molar-refractivity contribution in [3.8, 4) is 11.6 Å². The Morgan fingerprint density at radius 1 is 1.12 bits per heavy atom. The van der Waals surface area contributed by atoms with Gasteiger partial charge in [-0.3, -0.25) is 4.79 Å². The molecule has 0 spiro atoms. The first-order chi connectivity index (χ1) is 15.3. The van der Waals surface area contributed by atoms with Crippen molar-refractivity contribution in [2.24, 2.45) is 0 Å². The average molecular weight is 449 g/mol. The Kier molecular flexibility index (Phi) is 6.15. The molecule has 2 heterocycles. The van der Waals surface area contributed by atoms with Gasteiger partial charge in [0.25, 0.3) is 5.91 Å². The molecule has 1 N–H and O–H groups in total. The number of benzene rings is 2. The first-order valence-corrected chi connectivity index (χ1v) is 10.8. The average Bonchev–Trinajstić information content (AvgIpc) is 3.11. The Morgan fingerprint density at radius 2 is 1.88 bits per heavy atom. The Balaban J connectivity index is 1.58. The quantitative estimate of drug-likeness (QED) is 0.437. The van der Waals surface area contributed by atoms with Crippen LogP contribution in [0.5, 0.6) is 5.88 Å². The number of ether oxygens (including phenoxy) is 1. The molecule has 4 aromatic rings.